The van der Waals surface area contributed by atoms with Crippen LogP contribution in [0.2, 0.25) is 0 Å². The van der Waals surface area contributed by atoms with Crippen molar-refractivity contribution in [2.24, 2.45) is 5.41 Å². The second kappa shape index (κ2) is 5.48. The Bertz CT molecular complexity index is 309. The summed E-state index contributed by atoms with van der Waals surface area (Å²) in [6.07, 6.45) is 5.22. The predicted octanol–water partition coefficient (Wildman–Crippen LogP) is 2.82. The fourth-order valence-electron chi connectivity index (χ4n) is 1.97. The Morgan fingerprint density at radius 3 is 2.50 bits per heavy atom. The van der Waals surface area contributed by atoms with E-state index in [0.29, 0.717) is 11.5 Å². The standard InChI is InChI=1S/C13H25N3/c1-6-12(13(3,4)5)14-8-11-9-15-16(7-2)10-11/h9-10,12,14H,6-8H2,1-5H3. The van der Waals surface area contributed by atoms with E-state index in [2.05, 4.69) is 51.2 Å². The van der Waals surface area contributed by atoms with Crippen molar-refractivity contribution in [2.45, 2.75) is 60.2 Å². The highest BCUT2D eigenvalue weighted by molar-refractivity contribution is 5.03. The van der Waals surface area contributed by atoms with Crippen LogP contribution < -0.4 is 5.32 Å². The fourth-order valence-corrected chi connectivity index (χ4v) is 1.97. The van der Waals surface area contributed by atoms with Gasteiger partial charge in [-0.1, -0.05) is 27.7 Å². The predicted molar refractivity (Wildman–Crippen MR) is 68.3 cm³/mol. The molecule has 1 heterocycles. The van der Waals surface area contributed by atoms with Crippen molar-refractivity contribution in [1.82, 2.24) is 15.1 Å². The molecule has 1 atom stereocenters. The number of aromatic nitrogens is 2. The van der Waals surface area contributed by atoms with Crippen molar-refractivity contribution in [3.63, 3.8) is 0 Å². The average Bonchev–Trinajstić information content (AvgIpc) is 2.64. The zero-order valence-corrected chi connectivity index (χ0v) is 11.2. The highest BCUT2D eigenvalue weighted by Crippen LogP contribution is 2.21. The third kappa shape index (κ3) is 3.63. The van der Waals surface area contributed by atoms with Crippen LogP contribution in [0.3, 0.4) is 0 Å². The zero-order chi connectivity index (χ0) is 12.2. The van der Waals surface area contributed by atoms with E-state index in [1.807, 2.05) is 10.9 Å². The summed E-state index contributed by atoms with van der Waals surface area (Å²) in [5.41, 5.74) is 1.58. The maximum atomic E-state index is 4.28. The van der Waals surface area contributed by atoms with Crippen LogP contribution in [-0.4, -0.2) is 15.8 Å². The smallest absolute Gasteiger partial charge is 0.0534 e. The normalized spacial score (nSPS) is 14.1. The summed E-state index contributed by atoms with van der Waals surface area (Å²) in [6.45, 7) is 13.0. The minimum atomic E-state index is 0.315. The minimum absolute atomic E-state index is 0.315. The van der Waals surface area contributed by atoms with Gasteiger partial charge in [-0.05, 0) is 18.8 Å². The SMILES string of the molecule is CCC(NCc1cnn(CC)c1)C(C)(C)C. The lowest BCUT2D eigenvalue weighted by molar-refractivity contribution is 0.259. The van der Waals surface area contributed by atoms with Crippen molar-refractivity contribution in [3.8, 4) is 0 Å². The summed E-state index contributed by atoms with van der Waals surface area (Å²) in [7, 11) is 0. The maximum Gasteiger partial charge on any atom is 0.0534 e. The summed E-state index contributed by atoms with van der Waals surface area (Å²) >= 11 is 0. The van der Waals surface area contributed by atoms with Gasteiger partial charge in [0.15, 0.2) is 0 Å². The van der Waals surface area contributed by atoms with Gasteiger partial charge in [-0.3, -0.25) is 4.68 Å². The van der Waals surface area contributed by atoms with Crippen molar-refractivity contribution in [3.05, 3.63) is 18.0 Å². The van der Waals surface area contributed by atoms with E-state index in [9.17, 15) is 0 Å². The lowest BCUT2D eigenvalue weighted by Crippen LogP contribution is -2.39. The average molecular weight is 223 g/mol. The number of aryl methyl sites for hydroxylation is 1. The molecule has 0 spiro atoms. The Morgan fingerprint density at radius 2 is 2.06 bits per heavy atom. The van der Waals surface area contributed by atoms with E-state index in [1.54, 1.807) is 0 Å². The van der Waals surface area contributed by atoms with Gasteiger partial charge < -0.3 is 5.32 Å². The third-order valence-corrected chi connectivity index (χ3v) is 3.02. The van der Waals surface area contributed by atoms with Crippen LogP contribution in [0.1, 0.15) is 46.6 Å². The van der Waals surface area contributed by atoms with Gasteiger partial charge in [-0.25, -0.2) is 0 Å². The Hall–Kier alpha value is -0.830. The zero-order valence-electron chi connectivity index (χ0n) is 11.2. The van der Waals surface area contributed by atoms with Crippen LogP contribution in [0.25, 0.3) is 0 Å². The molecule has 3 nitrogen and oxygen atoms in total. The number of nitrogens with one attached hydrogen (secondary N) is 1. The van der Waals surface area contributed by atoms with E-state index < -0.39 is 0 Å². The molecular formula is C13H25N3. The van der Waals surface area contributed by atoms with Gasteiger partial charge in [0.25, 0.3) is 0 Å². The van der Waals surface area contributed by atoms with E-state index in [4.69, 9.17) is 0 Å². The van der Waals surface area contributed by atoms with E-state index in [1.165, 1.54) is 5.56 Å². The lowest BCUT2D eigenvalue weighted by atomic mass is 9.85. The second-order valence-electron chi connectivity index (χ2n) is 5.41. The van der Waals surface area contributed by atoms with Crippen LogP contribution in [0.5, 0.6) is 0 Å². The van der Waals surface area contributed by atoms with Crippen molar-refractivity contribution in [2.75, 3.05) is 0 Å². The van der Waals surface area contributed by atoms with Gasteiger partial charge in [0.2, 0.25) is 0 Å². The summed E-state index contributed by atoms with van der Waals surface area (Å²) in [6, 6.07) is 0.553. The molecule has 0 radical (unpaired) electrons. The molecule has 0 amide bonds. The maximum absolute atomic E-state index is 4.28. The molecule has 3 heteroatoms. The van der Waals surface area contributed by atoms with Crippen LogP contribution in [0.4, 0.5) is 0 Å². The number of hydrogen-bond acceptors (Lipinski definition) is 2. The highest BCUT2D eigenvalue weighted by atomic mass is 15.3. The molecule has 16 heavy (non-hydrogen) atoms. The molecule has 0 saturated heterocycles. The first kappa shape index (κ1) is 13.2. The van der Waals surface area contributed by atoms with Crippen LogP contribution in [0.15, 0.2) is 12.4 Å². The Labute approximate surface area is 99.2 Å². The molecule has 0 aliphatic heterocycles. The first-order valence-corrected chi connectivity index (χ1v) is 6.22. The number of nitrogens with zero attached hydrogens (tertiary/aromatic N) is 2. The lowest BCUT2D eigenvalue weighted by Gasteiger charge is -2.30. The topological polar surface area (TPSA) is 29.9 Å². The van der Waals surface area contributed by atoms with Crippen molar-refractivity contribution < 1.29 is 0 Å². The molecule has 0 aliphatic carbocycles. The van der Waals surface area contributed by atoms with Crippen LogP contribution in [-0.2, 0) is 13.1 Å². The summed E-state index contributed by atoms with van der Waals surface area (Å²) in [4.78, 5) is 0. The highest BCUT2D eigenvalue weighted by Gasteiger charge is 2.22. The quantitative estimate of drug-likeness (QED) is 0.832. The fraction of sp³-hybridized carbons (Fsp3) is 0.769. The van der Waals surface area contributed by atoms with Gasteiger partial charge in [0.05, 0.1) is 6.20 Å². The van der Waals surface area contributed by atoms with E-state index >= 15 is 0 Å². The van der Waals surface area contributed by atoms with E-state index in [0.717, 1.165) is 19.5 Å². The second-order valence-corrected chi connectivity index (χ2v) is 5.41. The molecule has 1 unspecified atom stereocenters. The third-order valence-electron chi connectivity index (χ3n) is 3.02. The van der Waals surface area contributed by atoms with Gasteiger partial charge in [-0.2, -0.15) is 5.10 Å². The monoisotopic (exact) mass is 223 g/mol. The molecule has 0 aromatic carbocycles. The first-order valence-electron chi connectivity index (χ1n) is 6.22. The van der Waals surface area contributed by atoms with Gasteiger partial charge in [-0.15, -0.1) is 0 Å². The molecule has 0 saturated carbocycles. The molecule has 1 aromatic rings. The molecule has 0 fully saturated rings. The number of rotatable bonds is 5. The summed E-state index contributed by atoms with van der Waals surface area (Å²) < 4.78 is 1.97. The molecule has 1 aromatic heterocycles. The first-order chi connectivity index (χ1) is 7.47. The summed E-state index contributed by atoms with van der Waals surface area (Å²) in [5, 5.41) is 7.89. The molecule has 0 bridgehead atoms. The Kier molecular flexibility index (Phi) is 4.54. The van der Waals surface area contributed by atoms with E-state index in [-0.39, 0.29) is 0 Å². The molecule has 92 valence electrons. The number of hydrogen-bond donors (Lipinski definition) is 1. The Balaban J connectivity index is 2.49. The molecule has 1 N–H and O–H groups in total. The molecular weight excluding hydrogens is 198 g/mol. The van der Waals surface area contributed by atoms with Gasteiger partial charge in [0.1, 0.15) is 0 Å². The van der Waals surface area contributed by atoms with Crippen LogP contribution in [0, 0.1) is 5.41 Å². The Morgan fingerprint density at radius 1 is 1.38 bits per heavy atom. The van der Waals surface area contributed by atoms with Crippen LogP contribution >= 0.6 is 0 Å². The van der Waals surface area contributed by atoms with Gasteiger partial charge in [0, 0.05) is 30.9 Å². The van der Waals surface area contributed by atoms with Gasteiger partial charge >= 0.3 is 0 Å². The summed E-state index contributed by atoms with van der Waals surface area (Å²) in [5.74, 6) is 0. The molecule has 0 aliphatic rings. The molecule has 1 rings (SSSR count). The minimum Gasteiger partial charge on any atom is -0.309 e. The van der Waals surface area contributed by atoms with Crippen molar-refractivity contribution >= 4 is 0 Å². The largest absolute Gasteiger partial charge is 0.309 e. The van der Waals surface area contributed by atoms with Crippen molar-refractivity contribution in [1.29, 1.82) is 0 Å².